The largest absolute Gasteiger partial charge is 0.619 e. The Hall–Kier alpha value is -3.37. The van der Waals surface area contributed by atoms with E-state index >= 15 is 0 Å². The summed E-state index contributed by atoms with van der Waals surface area (Å²) in [5, 5.41) is 10.4. The third-order valence-corrected chi connectivity index (χ3v) is 10.5. The van der Waals surface area contributed by atoms with Crippen LogP contribution in [0.2, 0.25) is 10.0 Å². The Kier molecular flexibility index (Phi) is 11.0. The zero-order valence-corrected chi connectivity index (χ0v) is 27.1. The molecule has 11 nitrogen and oxygen atoms in total. The number of alkyl halides is 2. The van der Waals surface area contributed by atoms with E-state index in [1.165, 1.54) is 68.6 Å². The maximum absolute atomic E-state index is 13.7. The van der Waals surface area contributed by atoms with Crippen molar-refractivity contribution in [3.63, 3.8) is 0 Å². The van der Waals surface area contributed by atoms with Crippen LogP contribution in [0.3, 0.4) is 0 Å². The van der Waals surface area contributed by atoms with Crippen molar-refractivity contribution in [2.75, 3.05) is 33.5 Å². The molecule has 0 aliphatic carbocycles. The summed E-state index contributed by atoms with van der Waals surface area (Å²) < 4.78 is 70.2. The van der Waals surface area contributed by atoms with Gasteiger partial charge in [-0.2, -0.15) is 17.8 Å². The van der Waals surface area contributed by atoms with Gasteiger partial charge in [-0.15, -0.1) is 11.8 Å². The van der Waals surface area contributed by atoms with E-state index in [-0.39, 0.29) is 61.8 Å². The van der Waals surface area contributed by atoms with E-state index in [2.05, 4.69) is 4.74 Å². The molecule has 1 aliphatic heterocycles. The highest BCUT2D eigenvalue weighted by atomic mass is 35.5. The average molecular weight is 707 g/mol. The van der Waals surface area contributed by atoms with Crippen LogP contribution in [-0.2, 0) is 26.0 Å². The van der Waals surface area contributed by atoms with Crippen molar-refractivity contribution in [2.24, 2.45) is 0 Å². The molecule has 3 aromatic rings. The Labute approximate surface area is 272 Å². The van der Waals surface area contributed by atoms with Crippen molar-refractivity contribution < 1.29 is 45.7 Å². The lowest BCUT2D eigenvalue weighted by molar-refractivity contribution is -0.605. The number of methoxy groups -OCH3 is 1. The number of amides is 1. The first kappa shape index (κ1) is 34.5. The summed E-state index contributed by atoms with van der Waals surface area (Å²) in [5.74, 6) is -1.43. The van der Waals surface area contributed by atoms with Gasteiger partial charge in [-0.3, -0.25) is 4.79 Å². The van der Waals surface area contributed by atoms with Gasteiger partial charge >= 0.3 is 12.6 Å². The molecule has 1 aliphatic rings. The molecule has 1 saturated heterocycles. The highest BCUT2D eigenvalue weighted by Crippen LogP contribution is 2.38. The summed E-state index contributed by atoms with van der Waals surface area (Å²) in [6, 6.07) is 9.36. The van der Waals surface area contributed by atoms with Crippen LogP contribution < -0.4 is 14.2 Å². The van der Waals surface area contributed by atoms with E-state index < -0.39 is 40.0 Å². The lowest BCUT2D eigenvalue weighted by Gasteiger charge is -2.26. The second-order valence-electron chi connectivity index (χ2n) is 9.78. The van der Waals surface area contributed by atoms with Crippen LogP contribution in [0, 0.1) is 5.21 Å². The molecule has 17 heteroatoms. The molecule has 0 saturated carbocycles. The first-order valence-corrected chi connectivity index (χ1v) is 16.3. The summed E-state index contributed by atoms with van der Waals surface area (Å²) in [6.45, 7) is -3.15. The quantitative estimate of drug-likeness (QED) is 0.161. The van der Waals surface area contributed by atoms with Crippen molar-refractivity contribution in [1.82, 2.24) is 9.21 Å². The van der Waals surface area contributed by atoms with Gasteiger partial charge in [-0.25, -0.2) is 13.2 Å². The van der Waals surface area contributed by atoms with E-state index in [9.17, 15) is 32.0 Å². The van der Waals surface area contributed by atoms with Crippen molar-refractivity contribution in [2.45, 2.75) is 29.4 Å². The van der Waals surface area contributed by atoms with Gasteiger partial charge in [0, 0.05) is 43.9 Å². The summed E-state index contributed by atoms with van der Waals surface area (Å²) in [5.41, 5.74) is 0.637. The molecule has 1 fully saturated rings. The Morgan fingerprint density at radius 1 is 1.13 bits per heavy atom. The van der Waals surface area contributed by atoms with Gasteiger partial charge in [0.2, 0.25) is 10.0 Å². The van der Waals surface area contributed by atoms with Crippen LogP contribution in [0.4, 0.5) is 8.78 Å². The molecule has 0 unspecified atom stereocenters. The lowest BCUT2D eigenvalue weighted by Crippen LogP contribution is -2.40. The second kappa shape index (κ2) is 14.4. The molecule has 0 N–H and O–H groups in total. The SMILES string of the molecule is COc1cc([C@H](Cc2c(Cl)c[n+]([O-])cc2Cl)OC(=O)[C@@H]2SCCN2S(=O)(=O)c2cccc(C(=O)N(C)C)c2)ccc1OC(F)F. The highest BCUT2D eigenvalue weighted by molar-refractivity contribution is 8.02. The number of aromatic nitrogens is 1. The number of rotatable bonds is 11. The zero-order valence-electron chi connectivity index (χ0n) is 24.0. The number of carbonyl (C=O) groups is 2. The summed E-state index contributed by atoms with van der Waals surface area (Å²) >= 11 is 13.6. The number of thioether (sulfide) groups is 1. The van der Waals surface area contributed by atoms with Crippen molar-refractivity contribution in [3.05, 3.63) is 86.8 Å². The Morgan fingerprint density at radius 3 is 2.44 bits per heavy atom. The Morgan fingerprint density at radius 2 is 1.82 bits per heavy atom. The zero-order chi connectivity index (χ0) is 33.1. The van der Waals surface area contributed by atoms with Gasteiger partial charge in [-0.05, 0) is 35.9 Å². The molecule has 0 radical (unpaired) electrons. The molecule has 242 valence electrons. The Bertz CT molecular complexity index is 1670. The van der Waals surface area contributed by atoms with E-state index in [1.807, 2.05) is 0 Å². The summed E-state index contributed by atoms with van der Waals surface area (Å²) in [4.78, 5) is 27.3. The number of carbonyl (C=O) groups excluding carboxylic acids is 2. The standard InChI is InChI=1S/C28H27Cl2F2N3O8S2/c1-33(2)25(36)17-5-4-6-18(11-17)45(39,40)35-9-10-44-26(35)27(37)42-23(13-19-20(29)14-34(38)15-21(19)30)16-7-8-22(43-28(31)32)24(12-16)41-3/h4-8,11-12,14-15,23,26,28H,9-10,13H2,1-3H3/t23-,26-/m0/s1. The molecule has 0 bridgehead atoms. The number of hydrogen-bond donors (Lipinski definition) is 0. The van der Waals surface area contributed by atoms with Crippen molar-refractivity contribution in [1.29, 1.82) is 0 Å². The fourth-order valence-electron chi connectivity index (χ4n) is 4.48. The molecule has 4 rings (SSSR count). The highest BCUT2D eigenvalue weighted by Gasteiger charge is 2.42. The monoisotopic (exact) mass is 705 g/mol. The number of sulfonamides is 1. The van der Waals surface area contributed by atoms with Gasteiger partial charge in [0.1, 0.15) is 16.1 Å². The van der Waals surface area contributed by atoms with Crippen LogP contribution in [0.25, 0.3) is 0 Å². The third kappa shape index (κ3) is 7.90. The fourth-order valence-corrected chi connectivity index (χ4v) is 8.18. The number of hydrogen-bond acceptors (Lipinski definition) is 9. The maximum Gasteiger partial charge on any atom is 0.387 e. The van der Waals surface area contributed by atoms with Crippen molar-refractivity contribution >= 4 is 56.9 Å². The Balaban J connectivity index is 1.68. The topological polar surface area (TPSA) is 129 Å². The number of nitrogens with zero attached hydrogens (tertiary/aromatic N) is 3. The first-order valence-electron chi connectivity index (χ1n) is 13.1. The van der Waals surface area contributed by atoms with Gasteiger partial charge < -0.3 is 24.3 Å². The van der Waals surface area contributed by atoms with Crippen LogP contribution in [0.5, 0.6) is 11.5 Å². The molecule has 2 heterocycles. The maximum atomic E-state index is 13.7. The number of halogens is 4. The lowest BCUT2D eigenvalue weighted by atomic mass is 10.0. The molecule has 1 aromatic heterocycles. The fraction of sp³-hybridized carbons (Fsp3) is 0.321. The third-order valence-electron chi connectivity index (χ3n) is 6.63. The van der Waals surface area contributed by atoms with Crippen LogP contribution >= 0.6 is 35.0 Å². The summed E-state index contributed by atoms with van der Waals surface area (Å²) in [6.07, 6.45) is 0.730. The van der Waals surface area contributed by atoms with Crippen LogP contribution in [-0.4, -0.2) is 75.0 Å². The van der Waals surface area contributed by atoms with Gasteiger partial charge in [-0.1, -0.05) is 35.3 Å². The minimum absolute atomic E-state index is 0.0172. The van der Waals surface area contributed by atoms with E-state index in [0.717, 1.165) is 28.5 Å². The number of pyridine rings is 1. The average Bonchev–Trinajstić information content (AvgIpc) is 3.49. The van der Waals surface area contributed by atoms with Crippen LogP contribution in [0.1, 0.15) is 27.6 Å². The number of ether oxygens (including phenoxy) is 3. The van der Waals surface area contributed by atoms with Crippen molar-refractivity contribution in [3.8, 4) is 11.5 Å². The molecular formula is C28H27Cl2F2N3O8S2. The van der Waals surface area contributed by atoms with Gasteiger partial charge in [0.25, 0.3) is 5.91 Å². The predicted molar refractivity (Wildman–Crippen MR) is 162 cm³/mol. The number of esters is 1. The summed E-state index contributed by atoms with van der Waals surface area (Å²) in [7, 11) is 0.0333. The smallest absolute Gasteiger partial charge is 0.387 e. The van der Waals surface area contributed by atoms with E-state index in [0.29, 0.717) is 4.73 Å². The number of benzene rings is 2. The molecule has 2 aromatic carbocycles. The van der Waals surface area contributed by atoms with Gasteiger partial charge in [0.05, 0.1) is 12.0 Å². The normalized spacial score (nSPS) is 16.0. The van der Waals surface area contributed by atoms with E-state index in [4.69, 9.17) is 32.7 Å². The second-order valence-corrected chi connectivity index (χ2v) is 13.7. The minimum atomic E-state index is -4.27. The first-order chi connectivity index (χ1) is 21.2. The minimum Gasteiger partial charge on any atom is -0.619 e. The predicted octanol–water partition coefficient (Wildman–Crippen LogP) is 4.53. The van der Waals surface area contributed by atoms with E-state index in [1.54, 1.807) is 0 Å². The van der Waals surface area contributed by atoms with Gasteiger partial charge in [0.15, 0.2) is 29.3 Å². The molecule has 0 spiro atoms. The molecule has 1 amide bonds. The molecule has 2 atom stereocenters. The molecular weight excluding hydrogens is 679 g/mol. The van der Waals surface area contributed by atoms with Crippen LogP contribution in [0.15, 0.2) is 59.8 Å². The molecule has 45 heavy (non-hydrogen) atoms.